The van der Waals surface area contributed by atoms with Gasteiger partial charge in [-0.15, -0.1) is 0 Å². The Morgan fingerprint density at radius 3 is 2.70 bits per heavy atom. The van der Waals surface area contributed by atoms with Gasteiger partial charge in [0.2, 0.25) is 0 Å². The molecule has 1 atom stereocenters. The quantitative estimate of drug-likeness (QED) is 0.775. The number of ether oxygens (including phenoxy) is 1. The van der Waals surface area contributed by atoms with Crippen LogP contribution in [0.4, 0.5) is 0 Å². The molecule has 0 aliphatic rings. The van der Waals surface area contributed by atoms with Crippen LogP contribution >= 0.6 is 0 Å². The van der Waals surface area contributed by atoms with E-state index in [1.165, 1.54) is 0 Å². The van der Waals surface area contributed by atoms with Crippen molar-refractivity contribution in [3.63, 3.8) is 0 Å². The molecule has 1 aromatic rings. The average molecular weight is 279 g/mol. The van der Waals surface area contributed by atoms with E-state index >= 15 is 0 Å². The van der Waals surface area contributed by atoms with Crippen LogP contribution in [0.1, 0.15) is 36.2 Å². The Balaban J connectivity index is 2.61. The number of rotatable bonds is 7. The average Bonchev–Trinajstić information content (AvgIpc) is 2.39. The van der Waals surface area contributed by atoms with Crippen molar-refractivity contribution in [3.05, 3.63) is 35.4 Å². The molecule has 110 valence electrons. The number of carboxylic acid groups (broad SMARTS) is 1. The van der Waals surface area contributed by atoms with E-state index in [2.05, 4.69) is 0 Å². The third-order valence-electron chi connectivity index (χ3n) is 3.13. The Labute approximate surface area is 119 Å². The maximum Gasteiger partial charge on any atom is 0.335 e. The van der Waals surface area contributed by atoms with Crippen LogP contribution in [0.2, 0.25) is 0 Å². The van der Waals surface area contributed by atoms with Crippen molar-refractivity contribution in [3.8, 4) is 0 Å². The van der Waals surface area contributed by atoms with Gasteiger partial charge in [0, 0.05) is 12.6 Å². The Hall–Kier alpha value is -1.88. The van der Waals surface area contributed by atoms with Gasteiger partial charge in [0.25, 0.3) is 0 Å². The second-order valence-electron chi connectivity index (χ2n) is 4.78. The van der Waals surface area contributed by atoms with Crippen LogP contribution in [0.5, 0.6) is 0 Å². The molecule has 20 heavy (non-hydrogen) atoms. The predicted octanol–water partition coefficient (Wildman–Crippen LogP) is 2.16. The molecule has 5 heteroatoms. The molecule has 0 aliphatic heterocycles. The third kappa shape index (κ3) is 5.01. The van der Waals surface area contributed by atoms with Gasteiger partial charge in [-0.1, -0.05) is 12.1 Å². The van der Waals surface area contributed by atoms with E-state index in [4.69, 9.17) is 9.84 Å². The molecule has 0 saturated heterocycles. The molecule has 0 aromatic heterocycles. The number of carboxylic acids is 1. The largest absolute Gasteiger partial charge is 0.478 e. The molecule has 1 aromatic carbocycles. The highest BCUT2D eigenvalue weighted by Gasteiger charge is 2.15. The van der Waals surface area contributed by atoms with E-state index < -0.39 is 5.97 Å². The molecular formula is C15H21NO4. The van der Waals surface area contributed by atoms with Crippen LogP contribution in [0.15, 0.2) is 24.3 Å². The SMILES string of the molecule is CCOC(=O)CC(C)N(C)Cc1cccc(C(=O)O)c1. The number of hydrogen-bond donors (Lipinski definition) is 1. The maximum atomic E-state index is 11.4. The van der Waals surface area contributed by atoms with Gasteiger partial charge in [0.1, 0.15) is 0 Å². The fraction of sp³-hybridized carbons (Fsp3) is 0.467. The molecule has 0 aliphatic carbocycles. The standard InChI is InChI=1S/C15H21NO4/c1-4-20-14(17)8-11(2)16(3)10-12-6-5-7-13(9-12)15(18)19/h5-7,9,11H,4,8,10H2,1-3H3,(H,18,19). The van der Waals surface area contributed by atoms with Gasteiger partial charge in [0.15, 0.2) is 0 Å². The normalized spacial score (nSPS) is 12.2. The minimum Gasteiger partial charge on any atom is -0.478 e. The zero-order valence-corrected chi connectivity index (χ0v) is 12.1. The van der Waals surface area contributed by atoms with E-state index in [1.54, 1.807) is 25.1 Å². The summed E-state index contributed by atoms with van der Waals surface area (Å²) in [4.78, 5) is 24.3. The van der Waals surface area contributed by atoms with E-state index in [1.807, 2.05) is 24.9 Å². The predicted molar refractivity (Wildman–Crippen MR) is 75.6 cm³/mol. The van der Waals surface area contributed by atoms with E-state index in [9.17, 15) is 9.59 Å². The summed E-state index contributed by atoms with van der Waals surface area (Å²) in [6.07, 6.45) is 0.322. The molecule has 0 heterocycles. The monoisotopic (exact) mass is 279 g/mol. The number of carbonyl (C=O) groups is 2. The Kier molecular flexibility index (Phi) is 6.18. The molecular weight excluding hydrogens is 258 g/mol. The van der Waals surface area contributed by atoms with Crippen molar-refractivity contribution in [1.29, 1.82) is 0 Å². The topological polar surface area (TPSA) is 66.8 Å². The molecule has 0 fully saturated rings. The minimum atomic E-state index is -0.936. The Bertz CT molecular complexity index is 473. The first-order valence-corrected chi connectivity index (χ1v) is 6.62. The van der Waals surface area contributed by atoms with Crippen LogP contribution in [0.3, 0.4) is 0 Å². The van der Waals surface area contributed by atoms with Crippen LogP contribution in [0, 0.1) is 0 Å². The summed E-state index contributed by atoms with van der Waals surface area (Å²) in [5, 5.41) is 8.96. The van der Waals surface area contributed by atoms with Crippen molar-refractivity contribution < 1.29 is 19.4 Å². The highest BCUT2D eigenvalue weighted by atomic mass is 16.5. The summed E-state index contributed by atoms with van der Waals surface area (Å²) < 4.78 is 4.92. The summed E-state index contributed by atoms with van der Waals surface area (Å²) >= 11 is 0. The van der Waals surface area contributed by atoms with Gasteiger partial charge in [-0.25, -0.2) is 4.79 Å². The molecule has 0 bridgehead atoms. The van der Waals surface area contributed by atoms with E-state index in [0.717, 1.165) is 5.56 Å². The lowest BCUT2D eigenvalue weighted by Crippen LogP contribution is -2.31. The molecule has 0 saturated carbocycles. The third-order valence-corrected chi connectivity index (χ3v) is 3.13. The van der Waals surface area contributed by atoms with Gasteiger partial charge in [-0.3, -0.25) is 9.69 Å². The Morgan fingerprint density at radius 2 is 2.10 bits per heavy atom. The number of nitrogens with zero attached hydrogens (tertiary/aromatic N) is 1. The smallest absolute Gasteiger partial charge is 0.335 e. The fourth-order valence-electron chi connectivity index (χ4n) is 1.86. The maximum absolute atomic E-state index is 11.4. The summed E-state index contributed by atoms with van der Waals surface area (Å²) in [6, 6.07) is 6.84. The van der Waals surface area contributed by atoms with Crippen molar-refractivity contribution in [2.24, 2.45) is 0 Å². The second kappa shape index (κ2) is 7.65. The lowest BCUT2D eigenvalue weighted by Gasteiger charge is -2.24. The molecule has 0 amide bonds. The van der Waals surface area contributed by atoms with E-state index in [-0.39, 0.29) is 17.6 Å². The summed E-state index contributed by atoms with van der Waals surface area (Å²) in [5.41, 5.74) is 1.18. The zero-order chi connectivity index (χ0) is 15.1. The van der Waals surface area contributed by atoms with Gasteiger partial charge >= 0.3 is 11.9 Å². The molecule has 1 rings (SSSR count). The lowest BCUT2D eigenvalue weighted by molar-refractivity contribution is -0.144. The number of carbonyl (C=O) groups excluding carboxylic acids is 1. The van der Waals surface area contributed by atoms with E-state index in [0.29, 0.717) is 19.6 Å². The van der Waals surface area contributed by atoms with Gasteiger partial charge < -0.3 is 9.84 Å². The molecule has 0 spiro atoms. The first-order chi connectivity index (χ1) is 9.43. The van der Waals surface area contributed by atoms with Crippen molar-refractivity contribution in [2.45, 2.75) is 32.9 Å². The summed E-state index contributed by atoms with van der Waals surface area (Å²) in [7, 11) is 1.90. The number of aromatic carboxylic acids is 1. The molecule has 0 radical (unpaired) electrons. The fourth-order valence-corrected chi connectivity index (χ4v) is 1.86. The Morgan fingerprint density at radius 1 is 1.40 bits per heavy atom. The van der Waals surface area contributed by atoms with Crippen LogP contribution in [0.25, 0.3) is 0 Å². The first-order valence-electron chi connectivity index (χ1n) is 6.62. The van der Waals surface area contributed by atoms with Crippen LogP contribution in [-0.2, 0) is 16.1 Å². The van der Waals surface area contributed by atoms with Crippen molar-refractivity contribution in [2.75, 3.05) is 13.7 Å². The molecule has 1 N–H and O–H groups in total. The summed E-state index contributed by atoms with van der Waals surface area (Å²) in [6.45, 7) is 4.69. The van der Waals surface area contributed by atoms with Crippen LogP contribution in [-0.4, -0.2) is 41.6 Å². The first kappa shape index (κ1) is 16.2. The minimum absolute atomic E-state index is 0.0301. The highest BCUT2D eigenvalue weighted by Crippen LogP contribution is 2.11. The number of benzene rings is 1. The van der Waals surface area contributed by atoms with Crippen LogP contribution < -0.4 is 0 Å². The lowest BCUT2D eigenvalue weighted by atomic mass is 10.1. The van der Waals surface area contributed by atoms with Crippen molar-refractivity contribution >= 4 is 11.9 Å². The van der Waals surface area contributed by atoms with Crippen molar-refractivity contribution in [1.82, 2.24) is 4.90 Å². The number of esters is 1. The molecule has 5 nitrogen and oxygen atoms in total. The summed E-state index contributed by atoms with van der Waals surface area (Å²) in [5.74, 6) is -1.15. The zero-order valence-electron chi connectivity index (χ0n) is 12.1. The van der Waals surface area contributed by atoms with Gasteiger partial charge in [-0.05, 0) is 38.6 Å². The molecule has 1 unspecified atom stereocenters. The van der Waals surface area contributed by atoms with Gasteiger partial charge in [-0.2, -0.15) is 0 Å². The van der Waals surface area contributed by atoms with Gasteiger partial charge in [0.05, 0.1) is 18.6 Å². The highest BCUT2D eigenvalue weighted by molar-refractivity contribution is 5.87. The number of hydrogen-bond acceptors (Lipinski definition) is 4. The second-order valence-corrected chi connectivity index (χ2v) is 4.78.